The summed E-state index contributed by atoms with van der Waals surface area (Å²) in [6.45, 7) is 14.9. The number of carbonyl (C=O) groups excluding carboxylic acids is 3. The van der Waals surface area contributed by atoms with Crippen LogP contribution >= 0.6 is 23.5 Å². The maximum absolute atomic E-state index is 16.0. The molecule has 4 bridgehead atoms. The lowest BCUT2D eigenvalue weighted by molar-refractivity contribution is -0.181. The number of benzene rings is 2. The number of carbonyl (C=O) groups is 3. The van der Waals surface area contributed by atoms with Gasteiger partial charge >= 0.3 is 29.4 Å². The molecule has 10 rings (SSSR count). The first-order valence-electron chi connectivity index (χ1n) is 23.6. The minimum absolute atomic E-state index is 0.000483. The van der Waals surface area contributed by atoms with Crippen molar-refractivity contribution in [3.05, 3.63) is 104 Å². The number of ketones is 2. The Kier molecular flexibility index (Phi) is 12.8. The van der Waals surface area contributed by atoms with Gasteiger partial charge in [-0.1, -0.05) is 53.6 Å². The van der Waals surface area contributed by atoms with Crippen molar-refractivity contribution < 1.29 is 79.7 Å². The van der Waals surface area contributed by atoms with Crippen molar-refractivity contribution in [2.45, 2.75) is 110 Å². The molecule has 2 aromatic carbocycles. The fraction of sp³-hybridized carbons (Fsp3) is 0.460. The zero-order chi connectivity index (χ0) is 52.5. The van der Waals surface area contributed by atoms with Crippen LogP contribution in [0, 0.1) is 17.8 Å². The highest BCUT2D eigenvalue weighted by atomic mass is 31.3. The van der Waals surface area contributed by atoms with E-state index in [-0.39, 0.29) is 77.8 Å². The third-order valence-corrected chi connectivity index (χ3v) is 18.5. The van der Waals surface area contributed by atoms with Gasteiger partial charge in [-0.3, -0.25) is 14.5 Å². The number of nitrogens with two attached hydrogens (primary N) is 1. The van der Waals surface area contributed by atoms with Crippen LogP contribution in [0.3, 0.4) is 0 Å². The van der Waals surface area contributed by atoms with Crippen LogP contribution in [0.15, 0.2) is 76.4 Å². The molecule has 8 atom stereocenters. The number of fused-ring (bicyclic) bond motifs is 5. The molecule has 1 spiro atoms. The second-order valence-electron chi connectivity index (χ2n) is 20.5. The quantitative estimate of drug-likeness (QED) is 0.0456. The topological polar surface area (TPSA) is 277 Å². The van der Waals surface area contributed by atoms with Crippen LogP contribution in [0.25, 0.3) is 17.5 Å². The summed E-state index contributed by atoms with van der Waals surface area (Å²) in [5, 5.41) is 0. The number of allylic oxidation sites excluding steroid dienone is 5. The van der Waals surface area contributed by atoms with Gasteiger partial charge < -0.3 is 48.8 Å². The lowest BCUT2D eigenvalue weighted by atomic mass is 9.44. The number of esters is 1. The largest absolute Gasteiger partial charge is 0.536 e. The summed E-state index contributed by atoms with van der Waals surface area (Å²) in [6, 6.07) is 6.99. The summed E-state index contributed by atoms with van der Waals surface area (Å²) in [6.07, 6.45) is 10.1. The third-order valence-electron chi connectivity index (χ3n) is 14.8. The zero-order valence-corrected chi connectivity index (χ0v) is 44.0. The number of methoxy groups -OCH3 is 1. The molecule has 8 unspecified atom stereocenters. The van der Waals surface area contributed by atoms with Gasteiger partial charge in [0.05, 0.1) is 35.2 Å². The molecule has 72 heavy (non-hydrogen) atoms. The average molecular weight is 1050 g/mol. The Morgan fingerprint density at radius 2 is 1.58 bits per heavy atom. The second-order valence-corrected chi connectivity index (χ2v) is 24.9. The first-order valence-corrected chi connectivity index (χ1v) is 28.1. The van der Waals surface area contributed by atoms with Crippen LogP contribution in [-0.2, 0) is 47.8 Å². The van der Waals surface area contributed by atoms with E-state index in [1.54, 1.807) is 49.4 Å². The minimum Gasteiger partial charge on any atom is -0.482 e. The van der Waals surface area contributed by atoms with Crippen LogP contribution in [0.4, 0.5) is 0 Å². The molecule has 2 aromatic rings. The molecule has 1 saturated heterocycles. The molecule has 0 aromatic heterocycles. The molecule has 6 N–H and O–H groups in total. The van der Waals surface area contributed by atoms with E-state index in [9.17, 15) is 38.1 Å². The van der Waals surface area contributed by atoms with E-state index in [1.165, 1.54) is 7.11 Å². The van der Waals surface area contributed by atoms with E-state index in [0.29, 0.717) is 46.4 Å². The smallest absolute Gasteiger partial charge is 0.482 e. The molecule has 4 aliphatic carbocycles. The first-order chi connectivity index (χ1) is 33.6. The maximum atomic E-state index is 16.0. The van der Waals surface area contributed by atoms with E-state index in [1.807, 2.05) is 59.4 Å². The molecule has 3 saturated carbocycles. The van der Waals surface area contributed by atoms with E-state index in [2.05, 4.69) is 14.7 Å². The Bertz CT molecular complexity index is 3100. The number of phosphoric ester groups is 1. The summed E-state index contributed by atoms with van der Waals surface area (Å²) in [7, 11) is -16.7. The van der Waals surface area contributed by atoms with Crippen molar-refractivity contribution in [3.63, 3.8) is 0 Å². The van der Waals surface area contributed by atoms with Crippen molar-refractivity contribution in [1.29, 1.82) is 0 Å². The standard InChI is InChI=1S/C50H59N2O17P3/c1-26(2)13-12-20-48(8)21-19-32-42(64-48)31(17-16-27(3)4)43-37(44(32)66-71(59,60)69-72(61,62)68-70(56,57)58)40-38-35(36-39(52(40)24-23-51)29-14-10-11-15-30(29)41(36)53)33-25-34-47(6,7)67-49(45(33)54,50(34,38)65-43)22-18-28(5)46(55)63-9/h10-11,13-16,18-19,21,33-35H,12,17,20,22-25,51H2,1-9H3,(H,59,60)(H,61,62)(H2,56,57,58). The van der Waals surface area contributed by atoms with E-state index in [0.717, 1.165) is 11.1 Å². The highest BCUT2D eigenvalue weighted by Crippen LogP contribution is 2.76. The molecule has 19 nitrogen and oxygen atoms in total. The number of nitrogens with zero attached hydrogens (tertiary/aromatic N) is 1. The van der Waals surface area contributed by atoms with Crippen molar-refractivity contribution >= 4 is 58.5 Å². The number of ether oxygens (including phenoxy) is 4. The third kappa shape index (κ3) is 8.20. The maximum Gasteiger partial charge on any atom is 0.536 e. The lowest BCUT2D eigenvalue weighted by Crippen LogP contribution is -2.75. The van der Waals surface area contributed by atoms with Gasteiger partial charge in [0.1, 0.15) is 17.1 Å². The molecule has 386 valence electrons. The van der Waals surface area contributed by atoms with Gasteiger partial charge in [-0.05, 0) is 93.2 Å². The number of rotatable bonds is 16. The first kappa shape index (κ1) is 52.1. The predicted octanol–water partition coefficient (Wildman–Crippen LogP) is 8.43. The molecular weight excluding hydrogens is 993 g/mol. The fourth-order valence-electron chi connectivity index (χ4n) is 12.1. The van der Waals surface area contributed by atoms with Crippen LogP contribution in [0.5, 0.6) is 17.2 Å². The Morgan fingerprint density at radius 3 is 2.22 bits per heavy atom. The molecule has 22 heteroatoms. The molecule has 8 aliphatic rings. The summed E-state index contributed by atoms with van der Waals surface area (Å²) < 4.78 is 80.9. The summed E-state index contributed by atoms with van der Waals surface area (Å²) in [5.41, 5.74) is 5.61. The van der Waals surface area contributed by atoms with Gasteiger partial charge in [-0.2, -0.15) is 8.62 Å². The lowest BCUT2D eigenvalue weighted by Gasteiger charge is -2.63. The van der Waals surface area contributed by atoms with Crippen molar-refractivity contribution in [1.82, 2.24) is 4.90 Å². The predicted molar refractivity (Wildman–Crippen MR) is 263 cm³/mol. The highest BCUT2D eigenvalue weighted by molar-refractivity contribution is 7.66. The van der Waals surface area contributed by atoms with Gasteiger partial charge in [0.15, 0.2) is 28.5 Å². The van der Waals surface area contributed by atoms with Gasteiger partial charge in [0, 0.05) is 70.7 Å². The van der Waals surface area contributed by atoms with E-state index < -0.39 is 75.3 Å². The van der Waals surface area contributed by atoms with Crippen molar-refractivity contribution in [2.24, 2.45) is 23.5 Å². The molecule has 4 fully saturated rings. The Hall–Kier alpha value is -4.74. The SMILES string of the molecule is COC(=O)C(C)=CCC12OC(C)(C)C3CC(C1=O)C1C4=C(c5ccccc5C4=O)N(CCN)C4=C1C32Oc1c(CC=C(C)C)c2c(c(OP(=O)(O)OP(=O)(O)OP(=O)(O)O)c14)C=CC(C)(CCC=C(C)C)O2. The van der Waals surface area contributed by atoms with Crippen LogP contribution in [-0.4, -0.2) is 84.6 Å². The minimum atomic E-state index is -6.07. The average Bonchev–Trinajstić information content (AvgIpc) is 3.64. The number of phosphoric acid groups is 3. The normalized spacial score (nSPS) is 28.7. The van der Waals surface area contributed by atoms with Crippen molar-refractivity contribution in [3.8, 4) is 17.2 Å². The van der Waals surface area contributed by atoms with Gasteiger partial charge in [-0.15, -0.1) is 0 Å². The molecule has 0 radical (unpaired) electrons. The van der Waals surface area contributed by atoms with Crippen LogP contribution in [0.1, 0.15) is 114 Å². The number of hydrogen-bond acceptors (Lipinski definition) is 15. The monoisotopic (exact) mass is 1050 g/mol. The van der Waals surface area contributed by atoms with Crippen LogP contribution < -0.4 is 19.7 Å². The fourth-order valence-corrected chi connectivity index (χ4v) is 15.2. The Morgan fingerprint density at radius 1 is 0.903 bits per heavy atom. The van der Waals surface area contributed by atoms with Gasteiger partial charge in [-0.25, -0.2) is 18.5 Å². The molecule has 4 aliphatic heterocycles. The number of hydrogen-bond donors (Lipinski definition) is 5. The molecule has 0 amide bonds. The Balaban J connectivity index is 1.43. The molecular formula is C50H59N2O17P3. The summed E-state index contributed by atoms with van der Waals surface area (Å²) in [5.74, 6) is -4.24. The summed E-state index contributed by atoms with van der Waals surface area (Å²) >= 11 is 0. The second kappa shape index (κ2) is 17.7. The molecule has 4 heterocycles. The van der Waals surface area contributed by atoms with Crippen LogP contribution in [0.2, 0.25) is 0 Å². The van der Waals surface area contributed by atoms with E-state index in [4.69, 9.17) is 29.2 Å². The Labute approximate surface area is 416 Å². The van der Waals surface area contributed by atoms with Gasteiger partial charge in [0.2, 0.25) is 0 Å². The summed E-state index contributed by atoms with van der Waals surface area (Å²) in [4.78, 5) is 86.9. The highest BCUT2D eigenvalue weighted by Gasteiger charge is 2.84. The van der Waals surface area contributed by atoms with Gasteiger partial charge in [0.25, 0.3) is 0 Å². The van der Waals surface area contributed by atoms with E-state index >= 15 is 9.59 Å². The van der Waals surface area contributed by atoms with Crippen molar-refractivity contribution in [2.75, 3.05) is 20.2 Å². The number of Topliss-reactive ketones (excluding diaryl/α,β-unsaturated/α-hetero) is 2. The zero-order valence-electron chi connectivity index (χ0n) is 41.3.